The second-order valence-corrected chi connectivity index (χ2v) is 15.5. The summed E-state index contributed by atoms with van der Waals surface area (Å²) in [5.74, 6) is 4.10. The van der Waals surface area contributed by atoms with Gasteiger partial charge in [-0.15, -0.1) is 15.3 Å². The predicted molar refractivity (Wildman–Crippen MR) is 206 cm³/mol. The molecule has 13 heteroatoms. The average Bonchev–Trinajstić information content (AvgIpc) is 3.98. The number of ether oxygens (including phenoxy) is 2. The van der Waals surface area contributed by atoms with Gasteiger partial charge in [0.1, 0.15) is 28.4 Å². The fourth-order valence-electron chi connectivity index (χ4n) is 6.48. The van der Waals surface area contributed by atoms with Crippen LogP contribution < -0.4 is 9.47 Å². The Kier molecular flexibility index (Phi) is 13.6. The molecule has 7 rings (SSSR count). The third kappa shape index (κ3) is 11.4. The number of aliphatic hydroxyl groups excluding tert-OH is 1. The summed E-state index contributed by atoms with van der Waals surface area (Å²) in [6.45, 7) is 15.6. The highest BCUT2D eigenvalue weighted by Gasteiger charge is 2.28. The van der Waals surface area contributed by atoms with Crippen LogP contribution in [-0.4, -0.2) is 84.5 Å². The minimum absolute atomic E-state index is 0.202. The smallest absolute Gasteiger partial charge is 0.241 e. The summed E-state index contributed by atoms with van der Waals surface area (Å²) in [5.41, 5.74) is 4.17. The Hall–Kier alpha value is -4.17. The maximum atomic E-state index is 9.03. The molecule has 0 spiro atoms. The van der Waals surface area contributed by atoms with Crippen LogP contribution in [-0.2, 0) is 19.7 Å². The second kappa shape index (κ2) is 18.7. The predicted octanol–water partition coefficient (Wildman–Crippen LogP) is 7.17. The fourth-order valence-corrected chi connectivity index (χ4v) is 6.82. The third-order valence-corrected chi connectivity index (χ3v) is 9.57. The number of rotatable bonds is 14. The topological polar surface area (TPSA) is 128 Å². The minimum Gasteiger partial charge on any atom is -0.493 e. The van der Waals surface area contributed by atoms with Gasteiger partial charge in [0.05, 0.1) is 37.1 Å². The van der Waals surface area contributed by atoms with Crippen molar-refractivity contribution in [1.29, 1.82) is 0 Å². The molecule has 0 amide bonds. The van der Waals surface area contributed by atoms with Gasteiger partial charge < -0.3 is 19.0 Å². The number of nitrogens with zero attached hydrogens (tertiary/aromatic N) is 8. The Morgan fingerprint density at radius 2 is 1.43 bits per heavy atom. The maximum Gasteiger partial charge on any atom is 0.241 e. The molecule has 12 nitrogen and oxygen atoms in total. The van der Waals surface area contributed by atoms with Gasteiger partial charge in [-0.05, 0) is 94.7 Å². The zero-order chi connectivity index (χ0) is 37.2. The van der Waals surface area contributed by atoms with Crippen molar-refractivity contribution in [1.82, 2.24) is 40.0 Å². The van der Waals surface area contributed by atoms with Crippen molar-refractivity contribution < 1.29 is 19.0 Å². The lowest BCUT2D eigenvalue weighted by molar-refractivity contribution is 0.234. The largest absolute Gasteiger partial charge is 0.493 e. The van der Waals surface area contributed by atoms with Crippen LogP contribution in [0.5, 0.6) is 11.5 Å². The van der Waals surface area contributed by atoms with E-state index in [-0.39, 0.29) is 12.5 Å². The van der Waals surface area contributed by atoms with Gasteiger partial charge in [0.2, 0.25) is 11.8 Å². The minimum atomic E-state index is -0.202. The molecule has 0 radical (unpaired) electrons. The highest BCUT2D eigenvalue weighted by atomic mass is 79.9. The molecule has 2 aliphatic rings. The molecule has 282 valence electrons. The normalized spacial score (nSPS) is 17.7. The summed E-state index contributed by atoms with van der Waals surface area (Å²) in [7, 11) is 0. The number of aromatic nitrogens is 6. The molecule has 2 unspecified atom stereocenters. The van der Waals surface area contributed by atoms with E-state index in [9.17, 15) is 0 Å². The Morgan fingerprint density at radius 1 is 0.792 bits per heavy atom. The molecule has 2 fully saturated rings. The van der Waals surface area contributed by atoms with Crippen LogP contribution >= 0.6 is 15.9 Å². The molecule has 53 heavy (non-hydrogen) atoms. The Morgan fingerprint density at radius 3 is 2.06 bits per heavy atom. The van der Waals surface area contributed by atoms with Gasteiger partial charge in [-0.25, -0.2) is 9.67 Å². The van der Waals surface area contributed by atoms with Crippen LogP contribution in [0.2, 0.25) is 0 Å². The van der Waals surface area contributed by atoms with Crippen molar-refractivity contribution in [3.05, 3.63) is 100 Å². The van der Waals surface area contributed by atoms with E-state index in [1.807, 2.05) is 47.3 Å². The molecule has 5 aromatic rings. The van der Waals surface area contributed by atoms with Gasteiger partial charge in [0.25, 0.3) is 0 Å². The van der Waals surface area contributed by atoms with Crippen LogP contribution in [0.15, 0.2) is 81.9 Å². The van der Waals surface area contributed by atoms with E-state index in [0.29, 0.717) is 29.7 Å². The first-order valence-electron chi connectivity index (χ1n) is 18.6. The molecule has 0 saturated carbocycles. The molecule has 0 bridgehead atoms. The first-order valence-corrected chi connectivity index (χ1v) is 19.4. The highest BCUT2D eigenvalue weighted by Crippen LogP contribution is 2.29. The number of halogens is 1. The molecule has 1 N–H and O–H groups in total. The Labute approximate surface area is 320 Å². The van der Waals surface area contributed by atoms with Crippen LogP contribution in [0.4, 0.5) is 0 Å². The first-order chi connectivity index (χ1) is 25.7. The van der Waals surface area contributed by atoms with Gasteiger partial charge in [-0.1, -0.05) is 63.2 Å². The lowest BCUT2D eigenvalue weighted by Crippen LogP contribution is -2.21. The lowest BCUT2D eigenvalue weighted by atomic mass is 10.1. The fraction of sp³-hybridized carbons (Fsp3) is 0.475. The van der Waals surface area contributed by atoms with Gasteiger partial charge in [-0.3, -0.25) is 9.80 Å². The monoisotopic (exact) mass is 786 g/mol. The SMILES string of the molecule is CC(C)COc1cccc(CN2CCC(c3nnc(CO)o3)C2)c1.CC(C)COc1cccc(CN2CCC(n3cc(-c4cccc(Br)n4)nn3)C2)c1. The molecule has 2 saturated heterocycles. The Bertz CT molecular complexity index is 1880. The quantitative estimate of drug-likeness (QED) is 0.115. The van der Waals surface area contributed by atoms with Crippen LogP contribution in [0, 0.1) is 11.8 Å². The highest BCUT2D eigenvalue weighted by molar-refractivity contribution is 9.10. The van der Waals surface area contributed by atoms with E-state index >= 15 is 0 Å². The van der Waals surface area contributed by atoms with E-state index < -0.39 is 0 Å². The number of hydrogen-bond acceptors (Lipinski definition) is 11. The average molecular weight is 788 g/mol. The van der Waals surface area contributed by atoms with Crippen molar-refractivity contribution in [2.24, 2.45) is 11.8 Å². The van der Waals surface area contributed by atoms with Crippen molar-refractivity contribution >= 4 is 15.9 Å². The van der Waals surface area contributed by atoms with E-state index in [2.05, 4.69) is 109 Å². The molecule has 5 heterocycles. The maximum absolute atomic E-state index is 9.03. The van der Waals surface area contributed by atoms with E-state index in [1.54, 1.807) is 0 Å². The summed E-state index contributed by atoms with van der Waals surface area (Å²) in [4.78, 5) is 9.31. The van der Waals surface area contributed by atoms with Crippen LogP contribution in [0.1, 0.15) is 75.4 Å². The number of aliphatic hydroxyl groups is 1. The summed E-state index contributed by atoms with van der Waals surface area (Å²) >= 11 is 3.41. The third-order valence-electron chi connectivity index (χ3n) is 9.12. The van der Waals surface area contributed by atoms with E-state index in [4.69, 9.17) is 19.0 Å². The number of pyridine rings is 1. The van der Waals surface area contributed by atoms with Crippen molar-refractivity contribution in [3.8, 4) is 22.9 Å². The summed E-state index contributed by atoms with van der Waals surface area (Å²) < 4.78 is 19.9. The van der Waals surface area contributed by atoms with Crippen molar-refractivity contribution in [2.75, 3.05) is 39.4 Å². The Balaban J connectivity index is 0.000000185. The summed E-state index contributed by atoms with van der Waals surface area (Å²) in [6, 6.07) is 22.9. The molecule has 3 aromatic heterocycles. The molecular formula is C40H51BrN8O4. The molecule has 2 atom stereocenters. The van der Waals surface area contributed by atoms with E-state index in [0.717, 1.165) is 92.8 Å². The molecule has 2 aromatic carbocycles. The molecule has 2 aliphatic heterocycles. The zero-order valence-corrected chi connectivity index (χ0v) is 32.7. The zero-order valence-electron chi connectivity index (χ0n) is 31.1. The van der Waals surface area contributed by atoms with Gasteiger partial charge >= 0.3 is 0 Å². The van der Waals surface area contributed by atoms with Crippen LogP contribution in [0.25, 0.3) is 11.4 Å². The summed E-state index contributed by atoms with van der Waals surface area (Å²) in [5, 5.41) is 25.6. The van der Waals surface area contributed by atoms with Gasteiger partial charge in [0, 0.05) is 32.7 Å². The lowest BCUT2D eigenvalue weighted by Gasteiger charge is -2.17. The summed E-state index contributed by atoms with van der Waals surface area (Å²) in [6.07, 6.45) is 4.07. The van der Waals surface area contributed by atoms with Crippen LogP contribution in [0.3, 0.4) is 0 Å². The van der Waals surface area contributed by atoms with Gasteiger partial charge in [0.15, 0.2) is 0 Å². The second-order valence-electron chi connectivity index (χ2n) is 14.7. The van der Waals surface area contributed by atoms with E-state index in [1.165, 1.54) is 11.1 Å². The number of likely N-dealkylation sites (tertiary alicyclic amines) is 2. The van der Waals surface area contributed by atoms with Crippen molar-refractivity contribution in [3.63, 3.8) is 0 Å². The first kappa shape index (κ1) is 38.6. The number of benzene rings is 2. The number of hydrogen-bond donors (Lipinski definition) is 1. The molecule has 0 aliphatic carbocycles. The van der Waals surface area contributed by atoms with Crippen molar-refractivity contribution in [2.45, 2.75) is 72.2 Å². The van der Waals surface area contributed by atoms with Gasteiger partial charge in [-0.2, -0.15) is 0 Å². The molecular weight excluding hydrogens is 736 g/mol. The standard InChI is InChI=1S/C22H26BrN5O.C18H25N3O3/c1-16(2)15-29-19-6-3-5-17(11-19)12-27-10-9-18(13-27)28-14-21(25-26-28)20-7-4-8-22(23)24-20;1-13(2)12-23-16-5-3-4-14(8-16)9-21-7-6-15(10-21)18-20-19-17(11-22)24-18/h3-8,11,14,16,18H,9-10,12-13,15H2,1-2H3;3-5,8,13,15,22H,6-7,9-12H2,1-2H3.